The van der Waals surface area contributed by atoms with Crippen molar-refractivity contribution in [2.45, 2.75) is 114 Å². The van der Waals surface area contributed by atoms with E-state index >= 15 is 0 Å². The molecule has 0 bridgehead atoms. The normalized spacial score (nSPS) is 37.8. The maximum atomic E-state index is 9.85. The summed E-state index contributed by atoms with van der Waals surface area (Å²) in [5.41, 5.74) is -1.11. The van der Waals surface area contributed by atoms with Gasteiger partial charge in [0.25, 0.3) is 0 Å². The van der Waals surface area contributed by atoms with Crippen LogP contribution in [0.25, 0.3) is 0 Å². The molecule has 2 aliphatic rings. The summed E-state index contributed by atoms with van der Waals surface area (Å²) in [5.74, 6) is 0. The summed E-state index contributed by atoms with van der Waals surface area (Å²) in [7, 11) is 3.53. The molecule has 0 amide bonds. The molecular formula is C23H44O5. The Balaban J connectivity index is 1.97. The summed E-state index contributed by atoms with van der Waals surface area (Å²) in [6, 6.07) is 0. The van der Waals surface area contributed by atoms with Crippen molar-refractivity contribution in [2.75, 3.05) is 27.4 Å². The molecule has 166 valence electrons. The molecule has 5 heteroatoms. The second-order valence-electron chi connectivity index (χ2n) is 9.50. The van der Waals surface area contributed by atoms with Gasteiger partial charge in [-0.15, -0.1) is 0 Å². The average Bonchev–Trinajstić information content (AvgIpc) is 3.54. The van der Waals surface area contributed by atoms with Crippen LogP contribution in [-0.2, 0) is 14.2 Å². The quantitative estimate of drug-likeness (QED) is 0.380. The highest BCUT2D eigenvalue weighted by molar-refractivity contribution is 5.37. The number of hydrogen-bond acceptors (Lipinski definition) is 5. The largest absolute Gasteiger partial charge is 0.394 e. The van der Waals surface area contributed by atoms with E-state index in [-0.39, 0.29) is 29.8 Å². The van der Waals surface area contributed by atoms with Crippen LogP contribution in [0.15, 0.2) is 0 Å². The number of hydrogen-bond donors (Lipinski definition) is 2. The van der Waals surface area contributed by atoms with Crippen molar-refractivity contribution in [1.82, 2.24) is 0 Å². The Bertz CT molecular complexity index is 486. The highest BCUT2D eigenvalue weighted by atomic mass is 16.6. The van der Waals surface area contributed by atoms with E-state index in [2.05, 4.69) is 20.8 Å². The highest BCUT2D eigenvalue weighted by Gasteiger charge is 2.86. The monoisotopic (exact) mass is 400 g/mol. The molecule has 2 rings (SSSR count). The maximum absolute atomic E-state index is 9.85. The van der Waals surface area contributed by atoms with Crippen LogP contribution in [0, 0.1) is 5.41 Å². The van der Waals surface area contributed by atoms with E-state index in [9.17, 15) is 10.2 Å². The molecule has 0 radical (unpaired) electrons. The zero-order chi connectivity index (χ0) is 20.9. The summed E-state index contributed by atoms with van der Waals surface area (Å²) < 4.78 is 18.1. The van der Waals surface area contributed by atoms with Crippen molar-refractivity contribution in [3.05, 3.63) is 0 Å². The third-order valence-corrected chi connectivity index (χ3v) is 7.71. The first kappa shape index (κ1) is 24.1. The van der Waals surface area contributed by atoms with Crippen LogP contribution >= 0.6 is 0 Å². The lowest BCUT2D eigenvalue weighted by Gasteiger charge is -2.35. The number of ether oxygens (including phenoxy) is 3. The number of aliphatic hydroxyl groups excluding tert-OH is 2. The summed E-state index contributed by atoms with van der Waals surface area (Å²) in [5, 5.41) is 19.1. The van der Waals surface area contributed by atoms with Gasteiger partial charge in [0, 0.05) is 26.1 Å². The molecule has 2 fully saturated rings. The minimum absolute atomic E-state index is 0.0864. The topological polar surface area (TPSA) is 68.2 Å². The molecule has 0 aromatic carbocycles. The SMILES string of the molecule is CCCCCCCCCCC1(C2(OCC(O)CO)CC2(C)OC)CC1(C)OC. The minimum atomic E-state index is -0.855. The van der Waals surface area contributed by atoms with Gasteiger partial charge in [-0.3, -0.25) is 0 Å². The average molecular weight is 401 g/mol. The van der Waals surface area contributed by atoms with Crippen LogP contribution in [0.1, 0.15) is 91.4 Å². The Kier molecular flexibility index (Phi) is 8.37. The third kappa shape index (κ3) is 4.44. The van der Waals surface area contributed by atoms with Crippen molar-refractivity contribution in [3.63, 3.8) is 0 Å². The smallest absolute Gasteiger partial charge is 0.108 e. The van der Waals surface area contributed by atoms with Gasteiger partial charge >= 0.3 is 0 Å². The van der Waals surface area contributed by atoms with Crippen molar-refractivity contribution < 1.29 is 24.4 Å². The van der Waals surface area contributed by atoms with Crippen molar-refractivity contribution in [1.29, 1.82) is 0 Å². The van der Waals surface area contributed by atoms with Gasteiger partial charge in [-0.05, 0) is 26.7 Å². The summed E-state index contributed by atoms with van der Waals surface area (Å²) in [6.45, 7) is 6.38. The van der Waals surface area contributed by atoms with Gasteiger partial charge in [0.2, 0.25) is 0 Å². The van der Waals surface area contributed by atoms with Gasteiger partial charge in [0.05, 0.1) is 24.4 Å². The van der Waals surface area contributed by atoms with Gasteiger partial charge in [0.1, 0.15) is 11.7 Å². The number of rotatable bonds is 16. The van der Waals surface area contributed by atoms with Gasteiger partial charge in [-0.1, -0.05) is 58.3 Å². The predicted octanol–water partition coefficient (Wildman–Crippen LogP) is 4.23. The van der Waals surface area contributed by atoms with Gasteiger partial charge in [-0.25, -0.2) is 0 Å². The minimum Gasteiger partial charge on any atom is -0.394 e. The molecule has 5 unspecified atom stereocenters. The summed E-state index contributed by atoms with van der Waals surface area (Å²) in [6.07, 6.45) is 12.4. The summed E-state index contributed by atoms with van der Waals surface area (Å²) in [4.78, 5) is 0. The Hall–Kier alpha value is -0.200. The molecule has 0 aliphatic heterocycles. The van der Waals surface area contributed by atoms with Crippen LogP contribution in [-0.4, -0.2) is 60.6 Å². The predicted molar refractivity (Wildman–Crippen MR) is 111 cm³/mol. The highest BCUT2D eigenvalue weighted by Crippen LogP contribution is 2.78. The van der Waals surface area contributed by atoms with Gasteiger partial charge in [-0.2, -0.15) is 0 Å². The lowest BCUT2D eigenvalue weighted by Crippen LogP contribution is -2.44. The number of unbranched alkanes of at least 4 members (excludes halogenated alkanes) is 7. The second-order valence-corrected chi connectivity index (χ2v) is 9.50. The molecule has 2 saturated carbocycles. The van der Waals surface area contributed by atoms with Crippen LogP contribution in [0.3, 0.4) is 0 Å². The molecular weight excluding hydrogens is 356 g/mol. The zero-order valence-electron chi connectivity index (χ0n) is 18.9. The van der Waals surface area contributed by atoms with Crippen LogP contribution in [0.2, 0.25) is 0 Å². The van der Waals surface area contributed by atoms with Crippen molar-refractivity contribution in [3.8, 4) is 0 Å². The van der Waals surface area contributed by atoms with E-state index in [1.807, 2.05) is 0 Å². The molecule has 5 atom stereocenters. The lowest BCUT2D eigenvalue weighted by molar-refractivity contribution is -0.135. The third-order valence-electron chi connectivity index (χ3n) is 7.71. The van der Waals surface area contributed by atoms with E-state index in [0.717, 1.165) is 19.3 Å². The zero-order valence-corrected chi connectivity index (χ0v) is 18.9. The first-order valence-corrected chi connectivity index (χ1v) is 11.3. The first-order valence-electron chi connectivity index (χ1n) is 11.3. The fraction of sp³-hybridized carbons (Fsp3) is 1.00. The Morgan fingerprint density at radius 3 is 1.89 bits per heavy atom. The van der Waals surface area contributed by atoms with E-state index in [0.29, 0.717) is 0 Å². The van der Waals surface area contributed by atoms with E-state index in [4.69, 9.17) is 14.2 Å². The van der Waals surface area contributed by atoms with E-state index in [1.165, 1.54) is 51.4 Å². The van der Waals surface area contributed by atoms with Gasteiger partial charge in [0.15, 0.2) is 0 Å². The van der Waals surface area contributed by atoms with Crippen LogP contribution < -0.4 is 0 Å². The molecule has 2 aliphatic carbocycles. The Labute approximate surface area is 172 Å². The molecule has 2 N–H and O–H groups in total. The fourth-order valence-electron chi connectivity index (χ4n) is 5.46. The van der Waals surface area contributed by atoms with Crippen LogP contribution in [0.4, 0.5) is 0 Å². The number of aliphatic hydroxyl groups is 2. The lowest BCUT2D eigenvalue weighted by atomic mass is 9.84. The standard InChI is InChI=1S/C23H44O5/c1-6-7-8-9-10-11-12-13-14-22(17-20(22,2)26-4)23(18-21(23,3)27-5)28-16-19(25)15-24/h19,24-25H,6-18H2,1-5H3. The first-order chi connectivity index (χ1) is 13.3. The van der Waals surface area contributed by atoms with Crippen molar-refractivity contribution >= 4 is 0 Å². The number of methoxy groups -OCH3 is 2. The molecule has 0 aromatic heterocycles. The molecule has 0 aromatic rings. The summed E-state index contributed by atoms with van der Waals surface area (Å²) >= 11 is 0. The van der Waals surface area contributed by atoms with E-state index < -0.39 is 11.7 Å². The molecule has 28 heavy (non-hydrogen) atoms. The van der Waals surface area contributed by atoms with Crippen LogP contribution in [0.5, 0.6) is 0 Å². The molecule has 5 nitrogen and oxygen atoms in total. The van der Waals surface area contributed by atoms with Crippen molar-refractivity contribution in [2.24, 2.45) is 5.41 Å². The van der Waals surface area contributed by atoms with Gasteiger partial charge < -0.3 is 24.4 Å². The maximum Gasteiger partial charge on any atom is 0.108 e. The fourth-order valence-corrected chi connectivity index (χ4v) is 5.46. The van der Waals surface area contributed by atoms with E-state index in [1.54, 1.807) is 14.2 Å². The molecule has 0 heterocycles. The second kappa shape index (κ2) is 9.74. The molecule has 0 spiro atoms. The Morgan fingerprint density at radius 2 is 1.43 bits per heavy atom. The molecule has 0 saturated heterocycles. The Morgan fingerprint density at radius 1 is 0.857 bits per heavy atom.